The molecule has 0 amide bonds. The van der Waals surface area contributed by atoms with Crippen LogP contribution in [0.1, 0.15) is 22.7 Å². The van der Waals surface area contributed by atoms with Crippen LogP contribution in [0.2, 0.25) is 0 Å². The van der Waals surface area contributed by atoms with Crippen LogP contribution in [-0.4, -0.2) is 19.9 Å². The van der Waals surface area contributed by atoms with Crippen LogP contribution in [0.15, 0.2) is 67.4 Å². The second kappa shape index (κ2) is 6.12. The number of H-pyrrole nitrogens is 1. The minimum atomic E-state index is -0.0864. The molecule has 2 N–H and O–H groups in total. The SMILES string of the molecule is Cc1cccc2c(C(Nc3ncccn3)c3cccnc3)c[nH]c12. The predicted molar refractivity (Wildman–Crippen MR) is 94.8 cm³/mol. The molecule has 4 rings (SSSR count). The van der Waals surface area contributed by atoms with Gasteiger partial charge in [-0.2, -0.15) is 0 Å². The lowest BCUT2D eigenvalue weighted by atomic mass is 9.99. The molecule has 118 valence electrons. The van der Waals surface area contributed by atoms with Gasteiger partial charge in [0.1, 0.15) is 0 Å². The minimum Gasteiger partial charge on any atom is -0.361 e. The minimum absolute atomic E-state index is 0.0864. The van der Waals surface area contributed by atoms with Gasteiger partial charge in [0, 0.05) is 47.5 Å². The third kappa shape index (κ3) is 2.60. The third-order valence-corrected chi connectivity index (χ3v) is 4.12. The average Bonchev–Trinajstić information content (AvgIpc) is 3.07. The van der Waals surface area contributed by atoms with Crippen LogP contribution in [-0.2, 0) is 0 Å². The average molecular weight is 315 g/mol. The van der Waals surface area contributed by atoms with Crippen molar-refractivity contribution in [2.24, 2.45) is 0 Å². The Morgan fingerprint density at radius 1 is 1.00 bits per heavy atom. The van der Waals surface area contributed by atoms with Crippen molar-refractivity contribution in [3.8, 4) is 0 Å². The summed E-state index contributed by atoms with van der Waals surface area (Å²) in [6.45, 7) is 2.11. The van der Waals surface area contributed by atoms with Crippen molar-refractivity contribution in [3.63, 3.8) is 0 Å². The van der Waals surface area contributed by atoms with Gasteiger partial charge >= 0.3 is 0 Å². The van der Waals surface area contributed by atoms with E-state index >= 15 is 0 Å². The van der Waals surface area contributed by atoms with E-state index in [4.69, 9.17) is 0 Å². The molecular formula is C19H17N5. The van der Waals surface area contributed by atoms with E-state index in [1.807, 2.05) is 18.5 Å². The third-order valence-electron chi connectivity index (χ3n) is 4.12. The molecule has 3 heterocycles. The standard InChI is InChI=1S/C19H17N5/c1-13-5-2-7-15-16(12-23-17(13)15)18(14-6-3-8-20-11-14)24-19-21-9-4-10-22-19/h2-12,18,23H,1H3,(H,21,22,24). The van der Waals surface area contributed by atoms with E-state index in [1.54, 1.807) is 24.7 Å². The Kier molecular flexibility index (Phi) is 3.67. The summed E-state index contributed by atoms with van der Waals surface area (Å²) in [7, 11) is 0. The molecule has 3 aromatic heterocycles. The van der Waals surface area contributed by atoms with Crippen LogP contribution in [0.25, 0.3) is 10.9 Å². The Hall–Kier alpha value is -3.21. The first-order valence-corrected chi connectivity index (χ1v) is 7.83. The molecule has 5 nitrogen and oxygen atoms in total. The summed E-state index contributed by atoms with van der Waals surface area (Å²) in [5.74, 6) is 0.591. The Balaban J connectivity index is 1.84. The fourth-order valence-electron chi connectivity index (χ4n) is 2.96. The zero-order chi connectivity index (χ0) is 16.4. The second-order valence-corrected chi connectivity index (χ2v) is 5.68. The number of pyridine rings is 1. The Morgan fingerprint density at radius 3 is 2.67 bits per heavy atom. The molecule has 0 saturated heterocycles. The lowest BCUT2D eigenvalue weighted by molar-refractivity contribution is 0.907. The molecule has 0 aliphatic carbocycles. The summed E-state index contributed by atoms with van der Waals surface area (Å²) in [6, 6.07) is 12.0. The number of aromatic amines is 1. The number of aryl methyl sites for hydroxylation is 1. The summed E-state index contributed by atoms with van der Waals surface area (Å²) >= 11 is 0. The van der Waals surface area contributed by atoms with E-state index in [2.05, 4.69) is 56.4 Å². The topological polar surface area (TPSA) is 66.5 Å². The van der Waals surface area contributed by atoms with Gasteiger partial charge in [-0.15, -0.1) is 0 Å². The number of rotatable bonds is 4. The highest BCUT2D eigenvalue weighted by atomic mass is 15.1. The van der Waals surface area contributed by atoms with Gasteiger partial charge in [-0.05, 0) is 30.2 Å². The summed E-state index contributed by atoms with van der Waals surface area (Å²) in [5.41, 5.74) is 4.58. The van der Waals surface area contributed by atoms with Gasteiger partial charge in [0.2, 0.25) is 5.95 Å². The summed E-state index contributed by atoms with van der Waals surface area (Å²) in [4.78, 5) is 16.3. The Bertz CT molecular complexity index is 947. The fourth-order valence-corrected chi connectivity index (χ4v) is 2.96. The lowest BCUT2D eigenvalue weighted by Gasteiger charge is -2.18. The first-order chi connectivity index (χ1) is 11.8. The highest BCUT2D eigenvalue weighted by Gasteiger charge is 2.19. The van der Waals surface area contributed by atoms with Gasteiger partial charge in [0.25, 0.3) is 0 Å². The molecule has 0 radical (unpaired) electrons. The molecule has 0 saturated carbocycles. The van der Waals surface area contributed by atoms with Crippen LogP contribution in [0.3, 0.4) is 0 Å². The highest BCUT2D eigenvalue weighted by Crippen LogP contribution is 2.31. The van der Waals surface area contributed by atoms with Gasteiger partial charge in [-0.1, -0.05) is 24.3 Å². The smallest absolute Gasteiger partial charge is 0.223 e. The van der Waals surface area contributed by atoms with E-state index in [0.717, 1.165) is 16.6 Å². The quantitative estimate of drug-likeness (QED) is 0.600. The number of fused-ring (bicyclic) bond motifs is 1. The zero-order valence-corrected chi connectivity index (χ0v) is 13.3. The van der Waals surface area contributed by atoms with Gasteiger partial charge in [0.15, 0.2) is 0 Å². The van der Waals surface area contributed by atoms with Crippen LogP contribution < -0.4 is 5.32 Å². The number of anilines is 1. The molecule has 0 bridgehead atoms. The first-order valence-electron chi connectivity index (χ1n) is 7.83. The highest BCUT2D eigenvalue weighted by molar-refractivity contribution is 5.87. The fraction of sp³-hybridized carbons (Fsp3) is 0.105. The molecular weight excluding hydrogens is 298 g/mol. The maximum atomic E-state index is 4.30. The normalized spacial score (nSPS) is 12.2. The summed E-state index contributed by atoms with van der Waals surface area (Å²) in [6.07, 6.45) is 9.16. The van der Waals surface area contributed by atoms with Crippen molar-refractivity contribution < 1.29 is 0 Å². The van der Waals surface area contributed by atoms with E-state index in [9.17, 15) is 0 Å². The molecule has 5 heteroatoms. The summed E-state index contributed by atoms with van der Waals surface area (Å²) in [5, 5.41) is 4.61. The number of para-hydroxylation sites is 1. The Morgan fingerprint density at radius 2 is 1.88 bits per heavy atom. The van der Waals surface area contributed by atoms with E-state index in [1.165, 1.54) is 10.9 Å². The largest absolute Gasteiger partial charge is 0.361 e. The predicted octanol–water partition coefficient (Wildman–Crippen LogP) is 3.86. The van der Waals surface area contributed by atoms with Crippen LogP contribution in [0.5, 0.6) is 0 Å². The van der Waals surface area contributed by atoms with Gasteiger partial charge in [-0.25, -0.2) is 9.97 Å². The molecule has 4 aromatic rings. The van der Waals surface area contributed by atoms with E-state index < -0.39 is 0 Å². The Labute approximate surface area is 139 Å². The van der Waals surface area contributed by atoms with Crippen molar-refractivity contribution in [2.75, 3.05) is 5.32 Å². The van der Waals surface area contributed by atoms with Crippen LogP contribution in [0, 0.1) is 6.92 Å². The van der Waals surface area contributed by atoms with Crippen molar-refractivity contribution in [1.82, 2.24) is 19.9 Å². The van der Waals surface area contributed by atoms with Gasteiger partial charge in [0.05, 0.1) is 6.04 Å². The molecule has 0 aliphatic rings. The van der Waals surface area contributed by atoms with E-state index in [-0.39, 0.29) is 6.04 Å². The number of hydrogen-bond donors (Lipinski definition) is 2. The van der Waals surface area contributed by atoms with Crippen molar-refractivity contribution in [2.45, 2.75) is 13.0 Å². The zero-order valence-electron chi connectivity index (χ0n) is 13.3. The maximum Gasteiger partial charge on any atom is 0.223 e. The molecule has 1 atom stereocenters. The number of nitrogens with one attached hydrogen (secondary N) is 2. The molecule has 1 unspecified atom stereocenters. The molecule has 0 aliphatic heterocycles. The number of benzene rings is 1. The summed E-state index contributed by atoms with van der Waals surface area (Å²) < 4.78 is 0. The number of hydrogen-bond acceptors (Lipinski definition) is 4. The molecule has 24 heavy (non-hydrogen) atoms. The lowest BCUT2D eigenvalue weighted by Crippen LogP contribution is -2.14. The number of nitrogens with zero attached hydrogens (tertiary/aromatic N) is 3. The van der Waals surface area contributed by atoms with Crippen LogP contribution in [0.4, 0.5) is 5.95 Å². The second-order valence-electron chi connectivity index (χ2n) is 5.68. The number of aromatic nitrogens is 4. The molecule has 1 aromatic carbocycles. The monoisotopic (exact) mass is 315 g/mol. The first kappa shape index (κ1) is 14.4. The van der Waals surface area contributed by atoms with Gasteiger partial charge in [-0.3, -0.25) is 4.98 Å². The van der Waals surface area contributed by atoms with Crippen molar-refractivity contribution in [1.29, 1.82) is 0 Å². The van der Waals surface area contributed by atoms with Crippen LogP contribution >= 0.6 is 0 Å². The molecule has 0 fully saturated rings. The van der Waals surface area contributed by atoms with Crippen molar-refractivity contribution >= 4 is 16.9 Å². The molecule has 0 spiro atoms. The van der Waals surface area contributed by atoms with Crippen molar-refractivity contribution in [3.05, 3.63) is 84.1 Å². The van der Waals surface area contributed by atoms with E-state index in [0.29, 0.717) is 5.95 Å². The van der Waals surface area contributed by atoms with Gasteiger partial charge < -0.3 is 10.3 Å². The maximum absolute atomic E-state index is 4.30.